The summed E-state index contributed by atoms with van der Waals surface area (Å²) in [6, 6.07) is 9.63. The maximum atomic E-state index is 14.4. The van der Waals surface area contributed by atoms with Gasteiger partial charge >= 0.3 is 6.03 Å². The number of likely N-dealkylation sites (N-methyl/N-ethyl adjacent to an activating group) is 1. The number of nitrogens with zero attached hydrogens (tertiary/aromatic N) is 3. The molecule has 0 fully saturated rings. The molecule has 0 spiro atoms. The van der Waals surface area contributed by atoms with Gasteiger partial charge in [-0.2, -0.15) is 0 Å². The summed E-state index contributed by atoms with van der Waals surface area (Å²) in [4.78, 5) is 31.1. The van der Waals surface area contributed by atoms with Gasteiger partial charge in [0.1, 0.15) is 17.1 Å². The molecule has 0 saturated carbocycles. The maximum absolute atomic E-state index is 14.4. The van der Waals surface area contributed by atoms with Crippen molar-refractivity contribution in [2.24, 2.45) is 5.92 Å². The van der Waals surface area contributed by atoms with Gasteiger partial charge in [0.25, 0.3) is 5.91 Å². The summed E-state index contributed by atoms with van der Waals surface area (Å²) in [5, 5.41) is 20.7. The van der Waals surface area contributed by atoms with Crippen LogP contribution >= 0.6 is 23.2 Å². The van der Waals surface area contributed by atoms with Crippen molar-refractivity contribution in [3.05, 3.63) is 69.0 Å². The molecule has 262 valence electrons. The number of urea groups is 1. The third-order valence-corrected chi connectivity index (χ3v) is 9.25. The minimum atomic E-state index is -0.508. The first-order chi connectivity index (χ1) is 22.9. The Kier molecular flexibility index (Phi) is 13.5. The van der Waals surface area contributed by atoms with E-state index in [-0.39, 0.29) is 36.2 Å². The molecule has 4 rings (SSSR count). The highest BCUT2D eigenvalue weighted by Gasteiger charge is 2.30. The van der Waals surface area contributed by atoms with Gasteiger partial charge in [-0.1, -0.05) is 41.3 Å². The highest BCUT2D eigenvalue weighted by atomic mass is 35.5. The second kappa shape index (κ2) is 17.3. The van der Waals surface area contributed by atoms with Gasteiger partial charge in [-0.05, 0) is 89.9 Å². The Morgan fingerprint density at radius 1 is 1.12 bits per heavy atom. The highest BCUT2D eigenvalue weighted by Crippen LogP contribution is 2.29. The molecule has 0 aliphatic carbocycles. The second-order valence-electron chi connectivity index (χ2n) is 12.7. The van der Waals surface area contributed by atoms with E-state index in [0.29, 0.717) is 64.9 Å². The Labute approximate surface area is 292 Å². The van der Waals surface area contributed by atoms with E-state index in [1.54, 1.807) is 43.0 Å². The van der Waals surface area contributed by atoms with Gasteiger partial charge in [-0.3, -0.25) is 9.69 Å². The molecule has 11 nitrogen and oxygen atoms in total. The number of aliphatic hydroxyl groups excluding tert-OH is 1. The zero-order valence-corrected chi connectivity index (χ0v) is 30.0. The minimum Gasteiger partial charge on any atom is -0.490 e. The molecular formula is C35H47Cl2N5O6. The van der Waals surface area contributed by atoms with Gasteiger partial charge in [-0.15, -0.1) is 0 Å². The number of carbonyl (C=O) groups excluding carboxylic acids is 2. The average Bonchev–Trinajstić information content (AvgIpc) is 3.36. The zero-order valence-electron chi connectivity index (χ0n) is 28.5. The van der Waals surface area contributed by atoms with Crippen LogP contribution in [0.4, 0.5) is 16.2 Å². The molecule has 2 aromatic carbocycles. The summed E-state index contributed by atoms with van der Waals surface area (Å²) in [6.45, 7) is 11.2. The van der Waals surface area contributed by atoms with Crippen LogP contribution in [0.1, 0.15) is 67.4 Å². The van der Waals surface area contributed by atoms with Gasteiger partial charge in [-0.25, -0.2) is 4.79 Å². The zero-order chi connectivity index (χ0) is 35.0. The van der Waals surface area contributed by atoms with E-state index in [0.717, 1.165) is 24.8 Å². The molecule has 0 bridgehead atoms. The molecule has 0 unspecified atom stereocenters. The van der Waals surface area contributed by atoms with E-state index >= 15 is 0 Å². The van der Waals surface area contributed by atoms with Crippen LogP contribution in [0.5, 0.6) is 5.75 Å². The van der Waals surface area contributed by atoms with Crippen LogP contribution < -0.4 is 15.4 Å². The summed E-state index contributed by atoms with van der Waals surface area (Å²) in [6.07, 6.45) is 2.15. The normalized spacial score (nSPS) is 20.1. The van der Waals surface area contributed by atoms with E-state index in [2.05, 4.69) is 27.6 Å². The van der Waals surface area contributed by atoms with Crippen LogP contribution in [0.25, 0.3) is 0 Å². The molecule has 0 saturated heterocycles. The third-order valence-electron chi connectivity index (χ3n) is 8.51. The molecule has 3 aromatic rings. The predicted octanol–water partition coefficient (Wildman–Crippen LogP) is 7.17. The fourth-order valence-corrected chi connectivity index (χ4v) is 6.04. The molecular weight excluding hydrogens is 657 g/mol. The van der Waals surface area contributed by atoms with E-state index < -0.39 is 12.1 Å². The fraction of sp³-hybridized carbons (Fsp3) is 0.514. The van der Waals surface area contributed by atoms with E-state index in [9.17, 15) is 14.7 Å². The number of aliphatic hydroxyl groups is 1. The number of halogens is 2. The van der Waals surface area contributed by atoms with Crippen molar-refractivity contribution < 1.29 is 28.7 Å². The summed E-state index contributed by atoms with van der Waals surface area (Å²) in [5.74, 6) is 0.487. The molecule has 3 amide bonds. The molecule has 1 aliphatic heterocycles. The number of aromatic nitrogens is 1. The average molecular weight is 705 g/mol. The molecule has 2 heterocycles. The quantitative estimate of drug-likeness (QED) is 0.225. The lowest BCUT2D eigenvalue weighted by Gasteiger charge is -2.36. The number of aryl methyl sites for hydroxylation is 2. The molecule has 4 atom stereocenters. The number of nitrogens with one attached hydrogen (secondary N) is 2. The van der Waals surface area contributed by atoms with Crippen molar-refractivity contribution in [1.29, 1.82) is 0 Å². The van der Waals surface area contributed by atoms with Crippen molar-refractivity contribution in [3.63, 3.8) is 0 Å². The first-order valence-corrected chi connectivity index (χ1v) is 17.1. The number of benzene rings is 2. The largest absolute Gasteiger partial charge is 0.490 e. The number of fused-ring (bicyclic) bond motifs is 1. The number of anilines is 2. The molecule has 48 heavy (non-hydrogen) atoms. The maximum Gasteiger partial charge on any atom is 0.323 e. The monoisotopic (exact) mass is 703 g/mol. The van der Waals surface area contributed by atoms with Crippen LogP contribution in [-0.2, 0) is 11.3 Å². The Morgan fingerprint density at radius 2 is 1.90 bits per heavy atom. The lowest BCUT2D eigenvalue weighted by Crippen LogP contribution is -2.47. The summed E-state index contributed by atoms with van der Waals surface area (Å²) in [5.41, 5.74) is 2.75. The highest BCUT2D eigenvalue weighted by molar-refractivity contribution is 6.42. The van der Waals surface area contributed by atoms with Crippen molar-refractivity contribution in [3.8, 4) is 5.75 Å². The van der Waals surface area contributed by atoms with Crippen molar-refractivity contribution >= 4 is 46.5 Å². The Balaban J connectivity index is 1.59. The number of hydrogen-bond donors (Lipinski definition) is 3. The lowest BCUT2D eigenvalue weighted by atomic mass is 10.0. The van der Waals surface area contributed by atoms with Crippen LogP contribution in [0.2, 0.25) is 10.0 Å². The SMILES string of the molecule is Cc1noc(C)c1NC(=O)Nc1ccc2c(c1)C(=O)N([C@@H](C)CO)C[C@H](C)[C@H](CN(C)Cc1ccc(Cl)c(Cl)c1)OCCCC[C@@H](C)O2. The molecule has 1 aliphatic rings. The number of hydrogen-bond acceptors (Lipinski definition) is 8. The van der Waals surface area contributed by atoms with Crippen molar-refractivity contribution in [2.45, 2.75) is 78.7 Å². The second-order valence-corrected chi connectivity index (χ2v) is 13.5. The number of carbonyl (C=O) groups is 2. The Bertz CT molecular complexity index is 1530. The lowest BCUT2D eigenvalue weighted by molar-refractivity contribution is -0.0177. The molecule has 13 heteroatoms. The van der Waals surface area contributed by atoms with Gasteiger partial charge in [0.15, 0.2) is 5.76 Å². The Morgan fingerprint density at radius 3 is 2.58 bits per heavy atom. The van der Waals surface area contributed by atoms with E-state index in [1.807, 2.05) is 33.0 Å². The smallest absolute Gasteiger partial charge is 0.323 e. The molecule has 1 aromatic heterocycles. The van der Waals surface area contributed by atoms with Crippen LogP contribution in [0, 0.1) is 19.8 Å². The van der Waals surface area contributed by atoms with Crippen LogP contribution in [0.3, 0.4) is 0 Å². The summed E-state index contributed by atoms with van der Waals surface area (Å²) >= 11 is 12.4. The standard InChI is InChI=1S/C35H47Cl2N5O6/c1-21-17-42(22(2)20-43)34(44)28-16-27(38-35(45)39-33-24(4)40-48-25(33)5)11-13-31(28)47-23(3)9-7-8-14-46-32(21)19-41(6)18-26-10-12-29(36)30(37)15-26/h10-13,15-16,21-23,32,43H,7-9,14,17-20H2,1-6H3,(H2,38,39,45)/t21-,22-,23+,32-/m0/s1. The van der Waals surface area contributed by atoms with Gasteiger partial charge < -0.3 is 34.6 Å². The predicted molar refractivity (Wildman–Crippen MR) is 188 cm³/mol. The van der Waals surface area contributed by atoms with Crippen LogP contribution in [0.15, 0.2) is 40.9 Å². The summed E-state index contributed by atoms with van der Waals surface area (Å²) in [7, 11) is 2.02. The topological polar surface area (TPSA) is 129 Å². The van der Waals surface area contributed by atoms with Crippen molar-refractivity contribution in [1.82, 2.24) is 15.0 Å². The fourth-order valence-electron chi connectivity index (χ4n) is 5.72. The number of ether oxygens (including phenoxy) is 2. The van der Waals surface area contributed by atoms with Gasteiger partial charge in [0.2, 0.25) is 0 Å². The first kappa shape index (κ1) is 37.5. The van der Waals surface area contributed by atoms with E-state index in [4.69, 9.17) is 37.2 Å². The summed E-state index contributed by atoms with van der Waals surface area (Å²) < 4.78 is 17.9. The molecule has 0 radical (unpaired) electrons. The minimum absolute atomic E-state index is 0.0902. The number of rotatable bonds is 8. The van der Waals surface area contributed by atoms with Crippen LogP contribution in [-0.4, -0.2) is 83.6 Å². The molecule has 3 N–H and O–H groups in total. The van der Waals surface area contributed by atoms with Gasteiger partial charge in [0.05, 0.1) is 40.5 Å². The van der Waals surface area contributed by atoms with Crippen molar-refractivity contribution in [2.75, 3.05) is 44.0 Å². The van der Waals surface area contributed by atoms with Gasteiger partial charge in [0, 0.05) is 37.8 Å². The Hall–Kier alpha value is -3.35. The number of amides is 3. The van der Waals surface area contributed by atoms with E-state index in [1.165, 1.54) is 0 Å². The third kappa shape index (κ3) is 10.1. The first-order valence-electron chi connectivity index (χ1n) is 16.3.